The van der Waals surface area contributed by atoms with Gasteiger partial charge in [-0.3, -0.25) is 14.6 Å². The number of carbonyl (C=O) groups excluding carboxylic acids is 2. The molecule has 2 aromatic carbocycles. The SMILES string of the molecule is CCc1ccc(CN(Cc2cccnc2)C(=O)CC2c3ccccc3CCN2C(C)=O)cc1. The fourth-order valence-electron chi connectivity index (χ4n) is 4.59. The molecule has 2 heterocycles. The standard InChI is InChI=1S/C28H31N3O2/c1-3-22-10-12-23(13-11-22)19-30(20-24-7-6-15-29-18-24)28(33)17-27-26-9-5-4-8-25(26)14-16-31(27)21(2)32/h4-13,15,18,27H,3,14,16-17,19-20H2,1-2H3. The maximum absolute atomic E-state index is 13.7. The monoisotopic (exact) mass is 441 g/mol. The Kier molecular flexibility index (Phi) is 7.18. The van der Waals surface area contributed by atoms with Crippen molar-refractivity contribution in [3.8, 4) is 0 Å². The second-order valence-electron chi connectivity index (χ2n) is 8.66. The molecule has 1 aromatic heterocycles. The van der Waals surface area contributed by atoms with Crippen molar-refractivity contribution in [2.75, 3.05) is 6.54 Å². The summed E-state index contributed by atoms with van der Waals surface area (Å²) in [5, 5.41) is 0. The Labute approximate surface area is 196 Å². The molecule has 5 heteroatoms. The predicted octanol–water partition coefficient (Wildman–Crippen LogP) is 4.71. The molecule has 0 saturated heterocycles. The Morgan fingerprint density at radius 1 is 0.970 bits per heavy atom. The van der Waals surface area contributed by atoms with Gasteiger partial charge in [-0.15, -0.1) is 0 Å². The van der Waals surface area contributed by atoms with E-state index in [0.29, 0.717) is 19.6 Å². The molecule has 0 bridgehead atoms. The number of rotatable bonds is 7. The number of hydrogen-bond donors (Lipinski definition) is 0. The summed E-state index contributed by atoms with van der Waals surface area (Å²) in [4.78, 5) is 34.0. The van der Waals surface area contributed by atoms with Gasteiger partial charge in [-0.05, 0) is 46.7 Å². The molecule has 1 aliphatic heterocycles. The molecule has 0 spiro atoms. The zero-order valence-electron chi connectivity index (χ0n) is 19.4. The highest BCUT2D eigenvalue weighted by atomic mass is 16.2. The fraction of sp³-hybridized carbons (Fsp3) is 0.321. The third kappa shape index (κ3) is 5.48. The Morgan fingerprint density at radius 3 is 2.39 bits per heavy atom. The molecule has 0 radical (unpaired) electrons. The summed E-state index contributed by atoms with van der Waals surface area (Å²) in [6.07, 6.45) is 5.62. The smallest absolute Gasteiger partial charge is 0.225 e. The van der Waals surface area contributed by atoms with Crippen LogP contribution in [0, 0.1) is 0 Å². The van der Waals surface area contributed by atoms with Crippen LogP contribution < -0.4 is 0 Å². The molecular formula is C28H31N3O2. The molecule has 2 amide bonds. The van der Waals surface area contributed by atoms with E-state index in [4.69, 9.17) is 0 Å². The Balaban J connectivity index is 1.60. The summed E-state index contributed by atoms with van der Waals surface area (Å²) >= 11 is 0. The van der Waals surface area contributed by atoms with E-state index in [9.17, 15) is 9.59 Å². The summed E-state index contributed by atoms with van der Waals surface area (Å²) in [6, 6.07) is 20.3. The molecule has 3 aromatic rings. The maximum atomic E-state index is 13.7. The molecule has 1 atom stereocenters. The fourth-order valence-corrected chi connectivity index (χ4v) is 4.59. The van der Waals surface area contributed by atoms with Crippen molar-refractivity contribution in [1.29, 1.82) is 0 Å². The number of amides is 2. The number of benzene rings is 2. The highest BCUT2D eigenvalue weighted by Gasteiger charge is 2.32. The number of fused-ring (bicyclic) bond motifs is 1. The quantitative estimate of drug-likeness (QED) is 0.534. The van der Waals surface area contributed by atoms with Gasteiger partial charge in [0.1, 0.15) is 0 Å². The molecule has 0 fully saturated rings. The first-order valence-electron chi connectivity index (χ1n) is 11.6. The van der Waals surface area contributed by atoms with Crippen molar-refractivity contribution in [1.82, 2.24) is 14.8 Å². The third-order valence-corrected chi connectivity index (χ3v) is 6.44. The molecule has 1 unspecified atom stereocenters. The minimum absolute atomic E-state index is 0.0104. The van der Waals surface area contributed by atoms with E-state index in [0.717, 1.165) is 29.5 Å². The van der Waals surface area contributed by atoms with Crippen LogP contribution in [0.25, 0.3) is 0 Å². The summed E-state index contributed by atoms with van der Waals surface area (Å²) in [5.74, 6) is 0.0441. The van der Waals surface area contributed by atoms with Crippen molar-refractivity contribution in [2.24, 2.45) is 0 Å². The topological polar surface area (TPSA) is 53.5 Å². The number of aryl methyl sites for hydroxylation is 1. The first-order valence-corrected chi connectivity index (χ1v) is 11.6. The van der Waals surface area contributed by atoms with Gasteiger partial charge in [0, 0.05) is 39.0 Å². The molecule has 1 aliphatic rings. The number of pyridine rings is 1. The average Bonchev–Trinajstić information content (AvgIpc) is 2.84. The summed E-state index contributed by atoms with van der Waals surface area (Å²) < 4.78 is 0. The summed E-state index contributed by atoms with van der Waals surface area (Å²) in [5.41, 5.74) is 5.67. The Hall–Kier alpha value is -3.47. The van der Waals surface area contributed by atoms with E-state index < -0.39 is 0 Å². The van der Waals surface area contributed by atoms with Gasteiger partial charge in [0.25, 0.3) is 0 Å². The van der Waals surface area contributed by atoms with E-state index in [1.807, 2.05) is 34.1 Å². The summed E-state index contributed by atoms with van der Waals surface area (Å²) in [7, 11) is 0. The lowest BCUT2D eigenvalue weighted by Crippen LogP contribution is -2.42. The van der Waals surface area contributed by atoms with Gasteiger partial charge in [0.15, 0.2) is 0 Å². The van der Waals surface area contributed by atoms with Gasteiger partial charge in [-0.1, -0.05) is 61.5 Å². The molecule has 170 valence electrons. The number of nitrogens with zero attached hydrogens (tertiary/aromatic N) is 3. The number of carbonyl (C=O) groups is 2. The van der Waals surface area contributed by atoms with Crippen LogP contribution in [0.5, 0.6) is 0 Å². The first kappa shape index (κ1) is 22.7. The summed E-state index contributed by atoms with van der Waals surface area (Å²) in [6.45, 7) is 5.37. The van der Waals surface area contributed by atoms with E-state index in [-0.39, 0.29) is 24.3 Å². The Morgan fingerprint density at radius 2 is 1.70 bits per heavy atom. The van der Waals surface area contributed by atoms with Gasteiger partial charge in [-0.2, -0.15) is 0 Å². The molecule has 0 saturated carbocycles. The highest BCUT2D eigenvalue weighted by molar-refractivity contribution is 5.80. The molecule has 4 rings (SSSR count). The van der Waals surface area contributed by atoms with Crippen LogP contribution in [0.1, 0.15) is 54.1 Å². The van der Waals surface area contributed by atoms with E-state index in [2.05, 4.69) is 48.3 Å². The van der Waals surface area contributed by atoms with Crippen molar-refractivity contribution >= 4 is 11.8 Å². The van der Waals surface area contributed by atoms with Crippen LogP contribution in [-0.4, -0.2) is 33.1 Å². The average molecular weight is 442 g/mol. The minimum atomic E-state index is -0.237. The molecular weight excluding hydrogens is 410 g/mol. The van der Waals surface area contributed by atoms with E-state index in [1.54, 1.807) is 19.3 Å². The van der Waals surface area contributed by atoms with Gasteiger partial charge < -0.3 is 9.80 Å². The zero-order valence-corrected chi connectivity index (χ0v) is 19.4. The van der Waals surface area contributed by atoms with Crippen LogP contribution >= 0.6 is 0 Å². The second kappa shape index (κ2) is 10.4. The van der Waals surface area contributed by atoms with Crippen LogP contribution in [0.4, 0.5) is 0 Å². The molecule has 33 heavy (non-hydrogen) atoms. The minimum Gasteiger partial charge on any atom is -0.335 e. The van der Waals surface area contributed by atoms with Crippen LogP contribution in [0.2, 0.25) is 0 Å². The lowest BCUT2D eigenvalue weighted by Gasteiger charge is -2.37. The zero-order chi connectivity index (χ0) is 23.2. The number of aromatic nitrogens is 1. The maximum Gasteiger partial charge on any atom is 0.225 e. The van der Waals surface area contributed by atoms with Crippen LogP contribution in [0.3, 0.4) is 0 Å². The molecule has 0 N–H and O–H groups in total. The highest BCUT2D eigenvalue weighted by Crippen LogP contribution is 2.33. The van der Waals surface area contributed by atoms with Crippen molar-refractivity contribution < 1.29 is 9.59 Å². The first-order chi connectivity index (χ1) is 16.0. The largest absolute Gasteiger partial charge is 0.335 e. The van der Waals surface area contributed by atoms with Crippen molar-refractivity contribution in [3.05, 3.63) is 101 Å². The van der Waals surface area contributed by atoms with E-state index in [1.165, 1.54) is 11.1 Å². The van der Waals surface area contributed by atoms with Crippen LogP contribution in [0.15, 0.2) is 73.1 Å². The molecule has 5 nitrogen and oxygen atoms in total. The van der Waals surface area contributed by atoms with Gasteiger partial charge in [0.05, 0.1) is 12.5 Å². The number of hydrogen-bond acceptors (Lipinski definition) is 3. The van der Waals surface area contributed by atoms with Crippen molar-refractivity contribution in [2.45, 2.75) is 52.2 Å². The predicted molar refractivity (Wildman–Crippen MR) is 129 cm³/mol. The molecule has 0 aliphatic carbocycles. The van der Waals surface area contributed by atoms with Crippen LogP contribution in [-0.2, 0) is 35.5 Å². The third-order valence-electron chi connectivity index (χ3n) is 6.44. The van der Waals surface area contributed by atoms with Gasteiger partial charge >= 0.3 is 0 Å². The Bertz CT molecular complexity index is 1100. The van der Waals surface area contributed by atoms with Crippen molar-refractivity contribution in [3.63, 3.8) is 0 Å². The lowest BCUT2D eigenvalue weighted by atomic mass is 9.90. The van der Waals surface area contributed by atoms with E-state index >= 15 is 0 Å². The lowest BCUT2D eigenvalue weighted by molar-refractivity contribution is -0.137. The van der Waals surface area contributed by atoms with Gasteiger partial charge in [-0.25, -0.2) is 0 Å². The second-order valence-corrected chi connectivity index (χ2v) is 8.66. The van der Waals surface area contributed by atoms with Gasteiger partial charge in [0.2, 0.25) is 11.8 Å². The normalized spacial score (nSPS) is 15.1.